The van der Waals surface area contributed by atoms with E-state index in [0.717, 1.165) is 5.69 Å². The molecule has 2 aromatic heterocycles. The minimum atomic E-state index is 0.145. The van der Waals surface area contributed by atoms with E-state index in [-0.39, 0.29) is 11.6 Å². The fourth-order valence-corrected chi connectivity index (χ4v) is 3.83. The van der Waals surface area contributed by atoms with Crippen molar-refractivity contribution in [3.8, 4) is 0 Å². The van der Waals surface area contributed by atoms with Gasteiger partial charge in [-0.05, 0) is 29.8 Å². The Hall–Kier alpha value is -2.75. The average Bonchev–Trinajstić information content (AvgIpc) is 2.97. The lowest BCUT2D eigenvalue weighted by Gasteiger charge is -2.11. The number of benzene rings is 1. The van der Waals surface area contributed by atoms with Gasteiger partial charge in [0.25, 0.3) is 0 Å². The zero-order chi connectivity index (χ0) is 17.3. The van der Waals surface area contributed by atoms with Crippen LogP contribution in [0.4, 0.5) is 16.5 Å². The summed E-state index contributed by atoms with van der Waals surface area (Å²) in [6, 6.07) is 3.22. The summed E-state index contributed by atoms with van der Waals surface area (Å²) >= 11 is 2.64. The smallest absolute Gasteiger partial charge is 0.203 e. The minimum absolute atomic E-state index is 0.145. The maximum absolute atomic E-state index is 7.21. The molecular weight excluding hydrogens is 342 g/mol. The van der Waals surface area contributed by atoms with Gasteiger partial charge in [-0.15, -0.1) is 10.2 Å². The third-order valence-electron chi connectivity index (χ3n) is 3.15. The van der Waals surface area contributed by atoms with Crippen LogP contribution in [-0.2, 0) is 0 Å². The monoisotopic (exact) mass is 353 g/mol. The van der Waals surface area contributed by atoms with Gasteiger partial charge < -0.3 is 5.73 Å². The highest BCUT2D eigenvalue weighted by molar-refractivity contribution is 8.01. The molecule has 7 nitrogen and oxygen atoms in total. The van der Waals surface area contributed by atoms with Crippen LogP contribution in [0.1, 0.15) is 25.5 Å². The quantitative estimate of drug-likeness (QED) is 0.701. The van der Waals surface area contributed by atoms with Crippen LogP contribution in [0.2, 0.25) is 0 Å². The van der Waals surface area contributed by atoms with Crippen molar-refractivity contribution in [2.45, 2.75) is 29.1 Å². The van der Waals surface area contributed by atoms with Crippen LogP contribution in [0.25, 0.3) is 20.7 Å². The predicted octanol–water partition coefficient (Wildman–Crippen LogP) is 4.44. The Balaban J connectivity index is 2.18. The van der Waals surface area contributed by atoms with Crippen LogP contribution in [-0.4, -0.2) is 20.2 Å². The molecule has 0 fully saturated rings. The number of hydrogen-bond donors (Lipinski definition) is 1. The second-order valence-corrected chi connectivity index (χ2v) is 7.38. The van der Waals surface area contributed by atoms with Gasteiger partial charge in [0.1, 0.15) is 5.03 Å². The first kappa shape index (κ1) is 16.1. The van der Waals surface area contributed by atoms with Gasteiger partial charge in [0.2, 0.25) is 5.13 Å². The first-order chi connectivity index (χ1) is 11.5. The number of hydrogen-bond acceptors (Lipinski definition) is 7. The van der Waals surface area contributed by atoms with E-state index in [9.17, 15) is 0 Å². The zero-order valence-corrected chi connectivity index (χ0v) is 14.4. The van der Waals surface area contributed by atoms with E-state index in [1.165, 1.54) is 23.1 Å². The second kappa shape index (κ2) is 6.40. The highest BCUT2D eigenvalue weighted by Gasteiger charge is 2.17. The zero-order valence-electron chi connectivity index (χ0n) is 12.8. The van der Waals surface area contributed by atoms with Crippen molar-refractivity contribution < 1.29 is 0 Å². The molecule has 24 heavy (non-hydrogen) atoms. The standard InChI is InChI=1S/C15H11N7S2/c1-7(2)12-13(23-15-22-21-14(16)24-15)20-11-6-9(18-4)8(17-3)5-10(11)19-12/h5-7H,1-2H3,(H2,16,21). The van der Waals surface area contributed by atoms with Crippen LogP contribution < -0.4 is 5.73 Å². The summed E-state index contributed by atoms with van der Waals surface area (Å²) in [5, 5.41) is 8.91. The van der Waals surface area contributed by atoms with Crippen LogP contribution >= 0.6 is 23.1 Å². The topological polar surface area (TPSA) is 86.3 Å². The first-order valence-corrected chi connectivity index (χ1v) is 8.52. The normalized spacial score (nSPS) is 10.7. The van der Waals surface area contributed by atoms with Crippen molar-refractivity contribution in [3.63, 3.8) is 0 Å². The molecule has 0 unspecified atom stereocenters. The molecule has 1 aromatic carbocycles. The van der Waals surface area contributed by atoms with Gasteiger partial charge in [-0.25, -0.2) is 9.97 Å². The van der Waals surface area contributed by atoms with Gasteiger partial charge in [0.05, 0.1) is 29.9 Å². The van der Waals surface area contributed by atoms with Crippen LogP contribution in [0, 0.1) is 13.1 Å². The fraction of sp³-hybridized carbons (Fsp3) is 0.200. The molecule has 2 N–H and O–H groups in total. The number of aromatic nitrogens is 4. The molecule has 9 heteroatoms. The summed E-state index contributed by atoms with van der Waals surface area (Å²) in [6.07, 6.45) is 0. The molecule has 118 valence electrons. The van der Waals surface area contributed by atoms with E-state index in [1.807, 2.05) is 13.8 Å². The highest BCUT2D eigenvalue weighted by atomic mass is 32.2. The van der Waals surface area contributed by atoms with Crippen molar-refractivity contribution in [1.82, 2.24) is 20.2 Å². The van der Waals surface area contributed by atoms with Crippen LogP contribution in [0.5, 0.6) is 0 Å². The summed E-state index contributed by atoms with van der Waals surface area (Å²) < 4.78 is 0.686. The fourth-order valence-electron chi connectivity index (χ4n) is 2.05. The van der Waals surface area contributed by atoms with E-state index < -0.39 is 0 Å². The summed E-state index contributed by atoms with van der Waals surface area (Å²) in [6.45, 7) is 18.5. The molecule has 0 aliphatic rings. The summed E-state index contributed by atoms with van der Waals surface area (Å²) in [5.74, 6) is 0.145. The Kier molecular flexibility index (Phi) is 4.30. The number of rotatable bonds is 3. The predicted molar refractivity (Wildman–Crippen MR) is 94.6 cm³/mol. The van der Waals surface area contributed by atoms with E-state index in [4.69, 9.17) is 18.9 Å². The van der Waals surface area contributed by atoms with Crippen molar-refractivity contribution in [2.24, 2.45) is 0 Å². The van der Waals surface area contributed by atoms with Gasteiger partial charge in [0, 0.05) is 0 Å². The van der Waals surface area contributed by atoms with Crippen molar-refractivity contribution in [3.05, 3.63) is 40.7 Å². The van der Waals surface area contributed by atoms with E-state index >= 15 is 0 Å². The summed E-state index contributed by atoms with van der Waals surface area (Å²) in [4.78, 5) is 16.1. The van der Waals surface area contributed by atoms with Gasteiger partial charge in [-0.2, -0.15) is 0 Å². The van der Waals surface area contributed by atoms with Crippen LogP contribution in [0.15, 0.2) is 21.5 Å². The van der Waals surface area contributed by atoms with Crippen molar-refractivity contribution >= 4 is 50.6 Å². The Morgan fingerprint density at radius 2 is 1.71 bits per heavy atom. The van der Waals surface area contributed by atoms with Crippen molar-refractivity contribution in [2.75, 3.05) is 5.73 Å². The maximum Gasteiger partial charge on any atom is 0.203 e. The van der Waals surface area contributed by atoms with Crippen LogP contribution in [0.3, 0.4) is 0 Å². The molecule has 0 bridgehead atoms. The van der Waals surface area contributed by atoms with E-state index in [0.29, 0.717) is 31.2 Å². The molecule has 3 rings (SSSR count). The van der Waals surface area contributed by atoms with Gasteiger partial charge >= 0.3 is 0 Å². The Morgan fingerprint density at radius 3 is 2.21 bits per heavy atom. The van der Waals surface area contributed by atoms with Gasteiger partial charge in [-0.3, -0.25) is 9.69 Å². The average molecular weight is 353 g/mol. The Bertz CT molecular complexity index is 1010. The molecular formula is C15H11N7S2. The lowest BCUT2D eigenvalue weighted by molar-refractivity contribution is 0.782. The second-order valence-electron chi connectivity index (χ2n) is 5.13. The molecule has 0 saturated carbocycles. The lowest BCUT2D eigenvalue weighted by Crippen LogP contribution is -1.99. The highest BCUT2D eigenvalue weighted by Crippen LogP contribution is 2.37. The number of fused-ring (bicyclic) bond motifs is 1. The molecule has 3 aromatic rings. The Morgan fingerprint density at radius 1 is 1.08 bits per heavy atom. The number of nitrogen functional groups attached to an aromatic ring is 1. The molecule has 0 amide bonds. The lowest BCUT2D eigenvalue weighted by atomic mass is 10.1. The molecule has 0 atom stereocenters. The summed E-state index contributed by atoms with van der Waals surface area (Å²) in [7, 11) is 0. The molecule has 0 radical (unpaired) electrons. The SMILES string of the molecule is [C-]#[N+]c1cc2nc(Sc3nnc(N)s3)c(C(C)C)nc2cc1[N+]#[C-]. The van der Waals surface area contributed by atoms with Crippen molar-refractivity contribution in [1.29, 1.82) is 0 Å². The molecule has 0 spiro atoms. The molecule has 0 saturated heterocycles. The number of nitrogens with zero attached hydrogens (tertiary/aromatic N) is 6. The molecule has 0 aliphatic heterocycles. The molecule has 2 heterocycles. The van der Waals surface area contributed by atoms with Gasteiger partial charge in [0.15, 0.2) is 15.7 Å². The number of anilines is 1. The summed E-state index contributed by atoms with van der Waals surface area (Å²) in [5.41, 5.74) is 8.20. The first-order valence-electron chi connectivity index (χ1n) is 6.89. The van der Waals surface area contributed by atoms with E-state index in [1.54, 1.807) is 12.1 Å². The third kappa shape index (κ3) is 3.00. The maximum atomic E-state index is 7.21. The number of nitrogens with two attached hydrogens (primary N) is 1. The Labute approximate surface area is 146 Å². The largest absolute Gasteiger partial charge is 0.374 e. The third-order valence-corrected chi connectivity index (χ3v) is 4.94. The molecule has 0 aliphatic carbocycles. The van der Waals surface area contributed by atoms with E-state index in [2.05, 4.69) is 29.9 Å². The minimum Gasteiger partial charge on any atom is -0.374 e. The van der Waals surface area contributed by atoms with Gasteiger partial charge in [-0.1, -0.05) is 25.2 Å².